The van der Waals surface area contributed by atoms with E-state index in [2.05, 4.69) is 0 Å². The van der Waals surface area contributed by atoms with E-state index in [0.29, 0.717) is 0 Å². The number of fused-ring (bicyclic) bond motifs is 1. The molecule has 2 atom stereocenters. The fourth-order valence-corrected chi connectivity index (χ4v) is 1.26. The second kappa shape index (κ2) is 3.76. The van der Waals surface area contributed by atoms with E-state index >= 15 is 0 Å². The summed E-state index contributed by atoms with van der Waals surface area (Å²) in [7, 11) is 0. The molecule has 1 heterocycles. The molecule has 0 aliphatic carbocycles. The van der Waals surface area contributed by atoms with E-state index in [-0.39, 0.29) is 11.3 Å². The molecule has 1 aliphatic heterocycles. The minimum absolute atomic E-state index is 0.0208. The van der Waals surface area contributed by atoms with E-state index in [1.807, 2.05) is 0 Å². The summed E-state index contributed by atoms with van der Waals surface area (Å²) >= 11 is 0. The number of amides is 1. The average molecular weight is 215 g/mol. The maximum atomic E-state index is 13.8. The smallest absolute Gasteiger partial charge is 0.404 e. The number of nitrogens with one attached hydrogen (secondary N) is 1. The zero-order valence-electron chi connectivity index (χ0n) is 11.5. The molecule has 2 unspecified atom stereocenters. The Labute approximate surface area is 91.3 Å². The van der Waals surface area contributed by atoms with Gasteiger partial charge in [0.2, 0.25) is 0 Å². The van der Waals surface area contributed by atoms with Crippen LogP contribution in [-0.2, 0) is 12.9 Å². The third-order valence-electron chi connectivity index (χ3n) is 1.88. The Morgan fingerprint density at radius 2 is 2.60 bits per heavy atom. The van der Waals surface area contributed by atoms with Crippen LogP contribution in [0.2, 0.25) is 0 Å². The van der Waals surface area contributed by atoms with Crippen LogP contribution in [0, 0.1) is 5.82 Å². The molecule has 15 heavy (non-hydrogen) atoms. The van der Waals surface area contributed by atoms with Gasteiger partial charge in [0, 0.05) is 25.4 Å². The summed E-state index contributed by atoms with van der Waals surface area (Å²) < 4.78 is 49.1. The first kappa shape index (κ1) is 5.95. The third-order valence-corrected chi connectivity index (χ3v) is 1.88. The molecule has 1 aromatic rings. The van der Waals surface area contributed by atoms with Crippen molar-refractivity contribution in [2.45, 2.75) is 12.9 Å². The van der Waals surface area contributed by atoms with Crippen molar-refractivity contribution in [1.82, 2.24) is 5.32 Å². The van der Waals surface area contributed by atoms with Crippen molar-refractivity contribution < 1.29 is 24.5 Å². The summed E-state index contributed by atoms with van der Waals surface area (Å²) in [5.74, 6) is -0.972. The van der Waals surface area contributed by atoms with E-state index in [9.17, 15) is 9.18 Å². The maximum absolute atomic E-state index is 13.8. The lowest BCUT2D eigenvalue weighted by atomic mass is 10.0. The Morgan fingerprint density at radius 3 is 3.33 bits per heavy atom. The first-order chi connectivity index (χ1) is 8.74. The molecular formula is C10H10FNO3. The first-order valence-electron chi connectivity index (χ1n) is 6.24. The van der Waals surface area contributed by atoms with Gasteiger partial charge >= 0.3 is 6.09 Å². The van der Waals surface area contributed by atoms with Gasteiger partial charge in [0.15, 0.2) is 0 Å². The summed E-state index contributed by atoms with van der Waals surface area (Å²) in [5.41, 5.74) is -0.749. The topological polar surface area (TPSA) is 58.6 Å². The molecule has 5 heteroatoms. The van der Waals surface area contributed by atoms with Gasteiger partial charge in [-0.15, -0.1) is 0 Å². The Kier molecular flexibility index (Phi) is 1.49. The number of rotatable bonds is 2. The van der Waals surface area contributed by atoms with Gasteiger partial charge in [-0.2, -0.15) is 0 Å². The summed E-state index contributed by atoms with van der Waals surface area (Å²) in [6.45, 7) is -4.01. The Hall–Kier alpha value is -1.78. The molecule has 2 rings (SSSR count). The van der Waals surface area contributed by atoms with Gasteiger partial charge in [0.1, 0.15) is 11.6 Å². The predicted octanol–water partition coefficient (Wildman–Crippen LogP) is 1.53. The number of ether oxygens (including phenoxy) is 1. The molecule has 1 aliphatic rings. The molecule has 0 radical (unpaired) electrons. The van der Waals surface area contributed by atoms with Crippen molar-refractivity contribution in [3.63, 3.8) is 0 Å². The van der Waals surface area contributed by atoms with Gasteiger partial charge in [-0.1, -0.05) is 0 Å². The minimum Gasteiger partial charge on any atom is -0.493 e. The second-order valence-electron chi connectivity index (χ2n) is 2.81. The lowest BCUT2D eigenvalue weighted by Gasteiger charge is -2.08. The van der Waals surface area contributed by atoms with Crippen molar-refractivity contribution in [2.75, 3.05) is 6.58 Å². The third kappa shape index (κ3) is 1.86. The van der Waals surface area contributed by atoms with Gasteiger partial charge in [-0.3, -0.25) is 0 Å². The average Bonchev–Trinajstić information content (AvgIpc) is 2.53. The van der Waals surface area contributed by atoms with Crippen molar-refractivity contribution in [2.24, 2.45) is 0 Å². The molecule has 0 saturated carbocycles. The molecule has 0 spiro atoms. The van der Waals surface area contributed by atoms with E-state index in [0.717, 1.165) is 6.07 Å². The molecule has 0 fully saturated rings. The molecule has 0 saturated heterocycles. The monoisotopic (exact) mass is 215 g/mol. The van der Waals surface area contributed by atoms with E-state index in [4.69, 9.17) is 15.3 Å². The number of carbonyl (C=O) groups is 1. The van der Waals surface area contributed by atoms with E-state index in [1.54, 1.807) is 5.32 Å². The van der Waals surface area contributed by atoms with Gasteiger partial charge in [-0.25, -0.2) is 9.18 Å². The van der Waals surface area contributed by atoms with Crippen LogP contribution < -0.4 is 10.1 Å². The molecule has 0 bridgehead atoms. The molecule has 4 nitrogen and oxygen atoms in total. The van der Waals surface area contributed by atoms with Crippen LogP contribution in [-0.4, -0.2) is 17.8 Å². The second-order valence-corrected chi connectivity index (χ2v) is 2.81. The highest BCUT2D eigenvalue weighted by molar-refractivity contribution is 5.64. The van der Waals surface area contributed by atoms with Crippen LogP contribution in [0.1, 0.15) is 16.6 Å². The van der Waals surface area contributed by atoms with Crippen LogP contribution in [0.4, 0.5) is 9.18 Å². The van der Waals surface area contributed by atoms with Crippen LogP contribution in [0.15, 0.2) is 12.1 Å². The minimum atomic E-state index is -2.71. The normalized spacial score (nSPS) is 27.8. The highest BCUT2D eigenvalue weighted by atomic mass is 19.1. The van der Waals surface area contributed by atoms with Crippen LogP contribution in [0.5, 0.6) is 5.75 Å². The quantitative estimate of drug-likeness (QED) is 0.786. The van der Waals surface area contributed by atoms with Crippen LogP contribution in [0.25, 0.3) is 0 Å². The standard InChI is InChI=1S/C10H10FNO3/c11-8-1-2-9-6(3-4-15-9)7(8)5-12-10(13)14/h1-2,12H,3-5H2,(H,13,14)/i3D,4D,5D2. The number of hydrogen-bond acceptors (Lipinski definition) is 2. The van der Waals surface area contributed by atoms with Crippen molar-refractivity contribution in [3.05, 3.63) is 29.1 Å². The summed E-state index contributed by atoms with van der Waals surface area (Å²) in [6.07, 6.45) is -2.96. The largest absolute Gasteiger partial charge is 0.493 e. The molecule has 0 aromatic heterocycles. The zero-order valence-corrected chi connectivity index (χ0v) is 7.45. The zero-order chi connectivity index (χ0) is 14.4. The van der Waals surface area contributed by atoms with E-state index in [1.165, 1.54) is 6.07 Å². The van der Waals surface area contributed by atoms with Gasteiger partial charge in [0.25, 0.3) is 0 Å². The number of hydrogen-bond donors (Lipinski definition) is 2. The van der Waals surface area contributed by atoms with E-state index < -0.39 is 37.0 Å². The Bertz CT molecular complexity index is 540. The van der Waals surface area contributed by atoms with Crippen molar-refractivity contribution >= 4 is 6.09 Å². The van der Waals surface area contributed by atoms with Crippen molar-refractivity contribution in [3.8, 4) is 5.75 Å². The highest BCUT2D eigenvalue weighted by Gasteiger charge is 2.19. The number of halogens is 1. The summed E-state index contributed by atoms with van der Waals surface area (Å²) in [5, 5.41) is 10.1. The molecule has 1 amide bonds. The molecule has 2 N–H and O–H groups in total. The fourth-order valence-electron chi connectivity index (χ4n) is 1.26. The first-order valence-corrected chi connectivity index (χ1v) is 4.09. The van der Waals surface area contributed by atoms with Crippen molar-refractivity contribution in [1.29, 1.82) is 0 Å². The van der Waals surface area contributed by atoms with Gasteiger partial charge in [-0.05, 0) is 12.1 Å². The number of carboxylic acid groups (broad SMARTS) is 1. The Balaban J connectivity index is 2.58. The number of benzene rings is 1. The maximum Gasteiger partial charge on any atom is 0.404 e. The molecule has 1 aromatic carbocycles. The van der Waals surface area contributed by atoms with Gasteiger partial charge < -0.3 is 15.2 Å². The lowest BCUT2D eigenvalue weighted by Crippen LogP contribution is -2.21. The Morgan fingerprint density at radius 1 is 1.80 bits per heavy atom. The summed E-state index contributed by atoms with van der Waals surface area (Å²) in [4.78, 5) is 10.6. The lowest BCUT2D eigenvalue weighted by molar-refractivity contribution is 0.194. The predicted molar refractivity (Wildman–Crippen MR) is 50.5 cm³/mol. The van der Waals surface area contributed by atoms with Crippen LogP contribution in [0.3, 0.4) is 0 Å². The van der Waals surface area contributed by atoms with Gasteiger partial charge in [0.05, 0.1) is 10.7 Å². The highest BCUT2D eigenvalue weighted by Crippen LogP contribution is 2.29. The summed E-state index contributed by atoms with van der Waals surface area (Å²) in [6, 6.07) is 2.11. The SMILES string of the molecule is [2H]C1Oc2ccc(F)c(C([2H])([2H])NC(=O)O)c2C1[2H]. The molecule has 80 valence electrons. The molecular weight excluding hydrogens is 201 g/mol. The van der Waals surface area contributed by atoms with Crippen LogP contribution >= 0.6 is 0 Å². The fraction of sp³-hybridized carbons (Fsp3) is 0.300.